The summed E-state index contributed by atoms with van der Waals surface area (Å²) in [5.74, 6) is 2.51. The number of nitrogens with zero attached hydrogens (tertiary/aromatic N) is 1. The van der Waals surface area contributed by atoms with Gasteiger partial charge >= 0.3 is 0 Å². The Bertz CT molecular complexity index is 219. The monoisotopic (exact) mass is 151 g/mol. The molecule has 0 unspecified atom stereocenters. The van der Waals surface area contributed by atoms with Crippen LogP contribution in [0.4, 0.5) is 0 Å². The van der Waals surface area contributed by atoms with E-state index < -0.39 is 0 Å². The highest BCUT2D eigenvalue weighted by Gasteiger charge is 1.89. The third kappa shape index (κ3) is 2.18. The van der Waals surface area contributed by atoms with Crippen LogP contribution in [-0.4, -0.2) is 12.4 Å². The highest BCUT2D eigenvalue weighted by atomic mass is 32.1. The van der Waals surface area contributed by atoms with Gasteiger partial charge in [0.1, 0.15) is 0 Å². The maximum Gasteiger partial charge on any atom is 0.0532 e. The number of hydrogen-bond acceptors (Lipinski definition) is 2. The SMILES string of the molecule is C=C=NCCc1cccs1. The number of thiophene rings is 1. The van der Waals surface area contributed by atoms with Gasteiger partial charge in [-0.2, -0.15) is 0 Å². The van der Waals surface area contributed by atoms with Gasteiger partial charge in [-0.05, 0) is 23.9 Å². The van der Waals surface area contributed by atoms with Crippen LogP contribution < -0.4 is 0 Å². The van der Waals surface area contributed by atoms with E-state index >= 15 is 0 Å². The van der Waals surface area contributed by atoms with E-state index in [2.05, 4.69) is 35.0 Å². The second kappa shape index (κ2) is 4.04. The molecule has 0 aliphatic carbocycles. The zero-order chi connectivity index (χ0) is 7.23. The van der Waals surface area contributed by atoms with Gasteiger partial charge in [-0.25, -0.2) is 4.99 Å². The van der Waals surface area contributed by atoms with Crippen LogP contribution in [0.2, 0.25) is 0 Å². The lowest BCUT2D eigenvalue weighted by atomic mass is 10.3. The molecule has 1 aromatic heterocycles. The molecule has 1 rings (SSSR count). The predicted octanol–water partition coefficient (Wildman–Crippen LogP) is 2.15. The largest absolute Gasteiger partial charge is 0.243 e. The van der Waals surface area contributed by atoms with Crippen molar-refractivity contribution in [3.63, 3.8) is 0 Å². The van der Waals surface area contributed by atoms with Gasteiger partial charge < -0.3 is 0 Å². The van der Waals surface area contributed by atoms with Crippen LogP contribution in [0.1, 0.15) is 4.88 Å². The van der Waals surface area contributed by atoms with E-state index in [0.29, 0.717) is 0 Å². The first-order valence-corrected chi connectivity index (χ1v) is 4.02. The van der Waals surface area contributed by atoms with Gasteiger partial charge in [-0.1, -0.05) is 6.07 Å². The fourth-order valence-corrected chi connectivity index (χ4v) is 1.40. The molecule has 0 saturated heterocycles. The van der Waals surface area contributed by atoms with Gasteiger partial charge in [0.15, 0.2) is 0 Å². The molecule has 0 bridgehead atoms. The van der Waals surface area contributed by atoms with Crippen LogP contribution in [0.3, 0.4) is 0 Å². The molecule has 2 heteroatoms. The molecule has 0 spiro atoms. The molecule has 0 N–H and O–H groups in total. The topological polar surface area (TPSA) is 12.4 Å². The Hall–Kier alpha value is -0.850. The standard InChI is InChI=1S/C8H9NS/c1-2-9-6-5-8-4-3-7-10-8/h3-4,7H,1,5-6H2. The summed E-state index contributed by atoms with van der Waals surface area (Å²) in [5, 5.41) is 2.08. The Labute approximate surface area is 64.7 Å². The first-order chi connectivity index (χ1) is 4.93. The lowest BCUT2D eigenvalue weighted by molar-refractivity contribution is 0.996. The van der Waals surface area contributed by atoms with E-state index in [9.17, 15) is 0 Å². The summed E-state index contributed by atoms with van der Waals surface area (Å²) in [7, 11) is 0. The van der Waals surface area contributed by atoms with Gasteiger partial charge in [-0.15, -0.1) is 11.3 Å². The maximum absolute atomic E-state index is 3.89. The van der Waals surface area contributed by atoms with Crippen LogP contribution in [-0.2, 0) is 6.42 Å². The van der Waals surface area contributed by atoms with E-state index in [-0.39, 0.29) is 0 Å². The normalized spacial score (nSPS) is 8.80. The second-order valence-corrected chi connectivity index (χ2v) is 2.90. The average molecular weight is 151 g/mol. The van der Waals surface area contributed by atoms with Gasteiger partial charge in [0.25, 0.3) is 0 Å². The second-order valence-electron chi connectivity index (χ2n) is 1.87. The van der Waals surface area contributed by atoms with Crippen molar-refractivity contribution in [2.75, 3.05) is 6.54 Å². The Morgan fingerprint density at radius 3 is 3.20 bits per heavy atom. The molecule has 0 aliphatic heterocycles. The Morgan fingerprint density at radius 2 is 2.60 bits per heavy atom. The molecule has 0 saturated carbocycles. The van der Waals surface area contributed by atoms with E-state index in [4.69, 9.17) is 0 Å². The molecule has 1 heterocycles. The minimum Gasteiger partial charge on any atom is -0.243 e. The molecule has 1 nitrogen and oxygen atoms in total. The van der Waals surface area contributed by atoms with Crippen molar-refractivity contribution >= 4 is 17.2 Å². The summed E-state index contributed by atoms with van der Waals surface area (Å²) in [6, 6.07) is 4.17. The van der Waals surface area contributed by atoms with E-state index in [0.717, 1.165) is 13.0 Å². The van der Waals surface area contributed by atoms with Crippen molar-refractivity contribution in [1.82, 2.24) is 0 Å². The van der Waals surface area contributed by atoms with Crippen LogP contribution >= 0.6 is 11.3 Å². The lowest BCUT2D eigenvalue weighted by Gasteiger charge is -1.87. The molecular formula is C8H9NS. The first kappa shape index (κ1) is 7.26. The summed E-state index contributed by atoms with van der Waals surface area (Å²) in [5.41, 5.74) is 0. The molecule has 0 amide bonds. The van der Waals surface area contributed by atoms with Crippen molar-refractivity contribution in [2.45, 2.75) is 6.42 Å². The zero-order valence-electron chi connectivity index (χ0n) is 5.71. The molecule has 0 aromatic carbocycles. The van der Waals surface area contributed by atoms with Crippen LogP contribution in [0, 0.1) is 0 Å². The average Bonchev–Trinajstić information content (AvgIpc) is 2.41. The Morgan fingerprint density at radius 1 is 1.70 bits per heavy atom. The molecule has 1 aromatic rings. The number of aliphatic imine (C=N–C) groups is 1. The van der Waals surface area contributed by atoms with Crippen molar-refractivity contribution in [3.05, 3.63) is 29.0 Å². The van der Waals surface area contributed by atoms with Crippen LogP contribution in [0.25, 0.3) is 0 Å². The van der Waals surface area contributed by atoms with Crippen LogP contribution in [0.15, 0.2) is 29.1 Å². The molecule has 0 aliphatic rings. The van der Waals surface area contributed by atoms with Crippen LogP contribution in [0.5, 0.6) is 0 Å². The van der Waals surface area contributed by atoms with Gasteiger partial charge in [0.05, 0.1) is 6.54 Å². The Balaban J connectivity index is 2.34. The lowest BCUT2D eigenvalue weighted by Crippen LogP contribution is -1.83. The van der Waals surface area contributed by atoms with Gasteiger partial charge in [-0.3, -0.25) is 0 Å². The van der Waals surface area contributed by atoms with E-state index in [1.807, 2.05) is 0 Å². The van der Waals surface area contributed by atoms with Crippen molar-refractivity contribution < 1.29 is 0 Å². The van der Waals surface area contributed by atoms with Crippen molar-refractivity contribution in [2.24, 2.45) is 4.99 Å². The van der Waals surface area contributed by atoms with E-state index in [1.165, 1.54) is 4.88 Å². The zero-order valence-corrected chi connectivity index (χ0v) is 6.53. The molecule has 52 valence electrons. The summed E-state index contributed by atoms with van der Waals surface area (Å²) in [4.78, 5) is 5.27. The highest BCUT2D eigenvalue weighted by molar-refractivity contribution is 7.09. The predicted molar refractivity (Wildman–Crippen MR) is 46.0 cm³/mol. The smallest absolute Gasteiger partial charge is 0.0532 e. The fourth-order valence-electron chi connectivity index (χ4n) is 0.700. The summed E-state index contributed by atoms with van der Waals surface area (Å²) in [6.07, 6.45) is 1.01. The summed E-state index contributed by atoms with van der Waals surface area (Å²) >= 11 is 1.77. The molecule has 0 atom stereocenters. The first-order valence-electron chi connectivity index (χ1n) is 3.14. The number of rotatable bonds is 3. The summed E-state index contributed by atoms with van der Waals surface area (Å²) in [6.45, 7) is 4.20. The maximum atomic E-state index is 3.89. The third-order valence-corrected chi connectivity index (χ3v) is 2.10. The van der Waals surface area contributed by atoms with E-state index in [1.54, 1.807) is 11.3 Å². The molecule has 0 radical (unpaired) electrons. The Kier molecular flexibility index (Phi) is 2.94. The number of hydrogen-bond donors (Lipinski definition) is 0. The minimum absolute atomic E-state index is 0.810. The highest BCUT2D eigenvalue weighted by Crippen LogP contribution is 2.08. The van der Waals surface area contributed by atoms with Gasteiger partial charge in [0.2, 0.25) is 0 Å². The molecule has 10 heavy (non-hydrogen) atoms. The quantitative estimate of drug-likeness (QED) is 0.587. The fraction of sp³-hybridized carbons (Fsp3) is 0.250. The van der Waals surface area contributed by atoms with Crippen molar-refractivity contribution in [3.8, 4) is 0 Å². The third-order valence-electron chi connectivity index (χ3n) is 1.16. The van der Waals surface area contributed by atoms with Gasteiger partial charge in [0, 0.05) is 11.3 Å². The molecule has 0 fully saturated rings. The van der Waals surface area contributed by atoms with Crippen molar-refractivity contribution in [1.29, 1.82) is 0 Å². The summed E-state index contributed by atoms with van der Waals surface area (Å²) < 4.78 is 0. The minimum atomic E-state index is 0.810. The molecular weight excluding hydrogens is 142 g/mol.